The van der Waals surface area contributed by atoms with Gasteiger partial charge < -0.3 is 4.90 Å². The van der Waals surface area contributed by atoms with Crippen molar-refractivity contribution in [2.45, 2.75) is 40.7 Å². The number of carbonyl (C=O) groups excluding carboxylic acids is 1. The molecule has 2 rings (SSSR count). The number of hydrogen-bond donors (Lipinski definition) is 0. The van der Waals surface area contributed by atoms with Crippen LogP contribution in [0.1, 0.15) is 34.6 Å². The molecule has 3 atom stereocenters. The molecule has 0 spiro atoms. The fourth-order valence-electron chi connectivity index (χ4n) is 2.91. The lowest BCUT2D eigenvalue weighted by molar-refractivity contribution is -0.155. The highest BCUT2D eigenvalue weighted by atomic mass is 16.2. The summed E-state index contributed by atoms with van der Waals surface area (Å²) in [4.78, 5) is 13.9. The summed E-state index contributed by atoms with van der Waals surface area (Å²) in [5, 5.41) is 0. The van der Waals surface area contributed by atoms with Gasteiger partial charge in [0.1, 0.15) is 0 Å². The highest BCUT2D eigenvalue weighted by Crippen LogP contribution is 2.47. The maximum absolute atomic E-state index is 11.9. The van der Waals surface area contributed by atoms with E-state index in [2.05, 4.69) is 34.6 Å². The molecule has 0 saturated carbocycles. The van der Waals surface area contributed by atoms with Crippen LogP contribution in [0.5, 0.6) is 0 Å². The number of amides is 1. The highest BCUT2D eigenvalue weighted by Gasteiger charge is 2.55. The molecule has 0 aromatic rings. The average molecular weight is 193 g/mol. The number of hydrogen-bond acceptors (Lipinski definition) is 1. The quantitative estimate of drug-likeness (QED) is 0.586. The van der Waals surface area contributed by atoms with Crippen molar-refractivity contribution in [1.82, 2.24) is 4.90 Å². The number of β-lactam (4-membered cyclic amide) rings is 1. The van der Waals surface area contributed by atoms with Crippen LogP contribution in [0.2, 0.25) is 0 Å². The maximum Gasteiger partial charge on any atom is 0.232 e. The van der Waals surface area contributed by atoms with Crippen molar-refractivity contribution in [2.75, 3.05) is 0 Å². The molecule has 0 aromatic carbocycles. The first kappa shape index (κ1) is 9.75. The lowest BCUT2D eigenvalue weighted by Gasteiger charge is -2.47. The van der Waals surface area contributed by atoms with Crippen molar-refractivity contribution in [1.29, 1.82) is 0 Å². The second-order valence-corrected chi connectivity index (χ2v) is 5.03. The first-order valence-corrected chi connectivity index (χ1v) is 5.47. The van der Waals surface area contributed by atoms with Crippen LogP contribution in [0.15, 0.2) is 11.3 Å². The minimum Gasteiger partial charge on any atom is -0.312 e. The molecule has 1 amide bonds. The van der Waals surface area contributed by atoms with Gasteiger partial charge in [0.2, 0.25) is 5.91 Å². The molecule has 1 saturated heterocycles. The van der Waals surface area contributed by atoms with E-state index in [1.165, 1.54) is 11.3 Å². The monoisotopic (exact) mass is 193 g/mol. The van der Waals surface area contributed by atoms with E-state index in [9.17, 15) is 4.79 Å². The summed E-state index contributed by atoms with van der Waals surface area (Å²) in [5.74, 6) is 1.63. The third-order valence-corrected chi connectivity index (χ3v) is 4.03. The molecule has 0 aromatic heterocycles. The van der Waals surface area contributed by atoms with Crippen molar-refractivity contribution in [3.8, 4) is 0 Å². The van der Waals surface area contributed by atoms with Crippen molar-refractivity contribution < 1.29 is 4.79 Å². The number of allylic oxidation sites excluding steroid dienone is 1. The van der Waals surface area contributed by atoms with Gasteiger partial charge in [-0.15, -0.1) is 0 Å². The summed E-state index contributed by atoms with van der Waals surface area (Å²) >= 11 is 0. The fourth-order valence-corrected chi connectivity index (χ4v) is 2.91. The van der Waals surface area contributed by atoms with E-state index in [1.54, 1.807) is 0 Å². The van der Waals surface area contributed by atoms with Crippen LogP contribution >= 0.6 is 0 Å². The fraction of sp³-hybridized carbons (Fsp3) is 0.750. The predicted molar refractivity (Wildman–Crippen MR) is 56.5 cm³/mol. The normalized spacial score (nSPS) is 36.6. The molecule has 2 nitrogen and oxygen atoms in total. The zero-order valence-electron chi connectivity index (χ0n) is 9.66. The molecular weight excluding hydrogens is 174 g/mol. The van der Waals surface area contributed by atoms with E-state index in [1.807, 2.05) is 4.90 Å². The van der Waals surface area contributed by atoms with E-state index in [0.717, 1.165) is 0 Å². The second kappa shape index (κ2) is 2.85. The summed E-state index contributed by atoms with van der Waals surface area (Å²) in [6.07, 6.45) is 0. The molecule has 1 fully saturated rings. The number of rotatable bonds is 1. The van der Waals surface area contributed by atoms with Crippen LogP contribution < -0.4 is 0 Å². The first-order chi connectivity index (χ1) is 6.46. The smallest absolute Gasteiger partial charge is 0.232 e. The van der Waals surface area contributed by atoms with Crippen molar-refractivity contribution in [3.63, 3.8) is 0 Å². The lowest BCUT2D eigenvalue weighted by atomic mass is 9.75. The van der Waals surface area contributed by atoms with E-state index in [-0.39, 0.29) is 5.92 Å². The van der Waals surface area contributed by atoms with E-state index < -0.39 is 0 Å². The summed E-state index contributed by atoms with van der Waals surface area (Å²) in [6.45, 7) is 10.8. The Morgan fingerprint density at radius 2 is 1.86 bits per heavy atom. The Balaban J connectivity index is 2.29. The van der Waals surface area contributed by atoms with Crippen LogP contribution in [0.3, 0.4) is 0 Å². The first-order valence-electron chi connectivity index (χ1n) is 5.47. The van der Waals surface area contributed by atoms with Crippen LogP contribution in [-0.4, -0.2) is 16.8 Å². The third-order valence-electron chi connectivity index (χ3n) is 4.03. The van der Waals surface area contributed by atoms with E-state index >= 15 is 0 Å². The number of fused-ring (bicyclic) bond motifs is 1. The van der Waals surface area contributed by atoms with Gasteiger partial charge in [0.25, 0.3) is 0 Å². The number of carbonyl (C=O) groups is 1. The molecule has 2 heteroatoms. The molecule has 2 aliphatic rings. The molecule has 3 unspecified atom stereocenters. The lowest BCUT2D eigenvalue weighted by Crippen LogP contribution is -2.61. The van der Waals surface area contributed by atoms with Gasteiger partial charge in [-0.05, 0) is 25.3 Å². The Hall–Kier alpha value is -0.790. The Kier molecular flexibility index (Phi) is 1.98. The zero-order valence-corrected chi connectivity index (χ0v) is 9.66. The van der Waals surface area contributed by atoms with Crippen molar-refractivity contribution >= 4 is 5.91 Å². The molecule has 14 heavy (non-hydrogen) atoms. The minimum atomic E-state index is 0.261. The number of nitrogens with zero attached hydrogens (tertiary/aromatic N) is 1. The van der Waals surface area contributed by atoms with Gasteiger partial charge in [-0.1, -0.05) is 20.8 Å². The molecule has 0 N–H and O–H groups in total. The molecule has 0 bridgehead atoms. The van der Waals surface area contributed by atoms with E-state index in [4.69, 9.17) is 0 Å². The molecule has 2 heterocycles. The summed E-state index contributed by atoms with van der Waals surface area (Å²) in [7, 11) is 0. The van der Waals surface area contributed by atoms with Crippen molar-refractivity contribution in [2.24, 2.45) is 17.8 Å². The van der Waals surface area contributed by atoms with Crippen LogP contribution in [-0.2, 0) is 4.79 Å². The highest BCUT2D eigenvalue weighted by molar-refractivity contribution is 5.89. The second-order valence-electron chi connectivity index (χ2n) is 5.03. The Morgan fingerprint density at radius 3 is 2.36 bits per heavy atom. The van der Waals surface area contributed by atoms with Crippen LogP contribution in [0, 0.1) is 17.8 Å². The topological polar surface area (TPSA) is 20.3 Å². The molecular formula is C12H19NO. The van der Waals surface area contributed by atoms with Gasteiger partial charge in [0, 0.05) is 11.6 Å². The van der Waals surface area contributed by atoms with Gasteiger partial charge in [0.15, 0.2) is 0 Å². The summed E-state index contributed by atoms with van der Waals surface area (Å²) < 4.78 is 0. The molecule has 0 radical (unpaired) electrons. The maximum atomic E-state index is 11.9. The standard InChI is InChI=1S/C12H19NO/c1-6(2)10-11-8(4)7(3)9(5)13(11)12(10)14/h6,8,10-11H,1-5H3. The van der Waals surface area contributed by atoms with Gasteiger partial charge in [-0.25, -0.2) is 0 Å². The van der Waals surface area contributed by atoms with Gasteiger partial charge in [0.05, 0.1) is 12.0 Å². The molecule has 0 aliphatic carbocycles. The van der Waals surface area contributed by atoms with Gasteiger partial charge in [-0.3, -0.25) is 4.79 Å². The minimum absolute atomic E-state index is 0.261. The summed E-state index contributed by atoms with van der Waals surface area (Å²) in [5.41, 5.74) is 2.59. The van der Waals surface area contributed by atoms with Crippen LogP contribution in [0.25, 0.3) is 0 Å². The van der Waals surface area contributed by atoms with Crippen LogP contribution in [0.4, 0.5) is 0 Å². The Labute approximate surface area is 86.0 Å². The zero-order chi connectivity index (χ0) is 10.6. The largest absolute Gasteiger partial charge is 0.312 e. The summed E-state index contributed by atoms with van der Waals surface area (Å²) in [6, 6.07) is 0.461. The SMILES string of the molecule is CC1=C(C)N2C(=O)C(C(C)C)C2C1C. The Bertz CT molecular complexity index is 316. The third kappa shape index (κ3) is 0.943. The van der Waals surface area contributed by atoms with Gasteiger partial charge in [-0.2, -0.15) is 0 Å². The van der Waals surface area contributed by atoms with Crippen molar-refractivity contribution in [3.05, 3.63) is 11.3 Å². The Morgan fingerprint density at radius 1 is 1.29 bits per heavy atom. The molecule has 78 valence electrons. The molecule has 2 aliphatic heterocycles. The predicted octanol–water partition coefficient (Wildman–Crippen LogP) is 2.41. The average Bonchev–Trinajstić information content (AvgIpc) is 2.26. The van der Waals surface area contributed by atoms with Gasteiger partial charge >= 0.3 is 0 Å². The van der Waals surface area contributed by atoms with E-state index in [0.29, 0.717) is 23.8 Å².